The molecule has 1 saturated carbocycles. The Hall–Kier alpha value is -0.540. The van der Waals surface area contributed by atoms with Crippen LogP contribution in [0.1, 0.15) is 50.2 Å². The molecule has 1 fully saturated rings. The molecule has 1 unspecified atom stereocenters. The minimum atomic E-state index is -0.407. The fourth-order valence-electron chi connectivity index (χ4n) is 2.82. The summed E-state index contributed by atoms with van der Waals surface area (Å²) in [7, 11) is 1.66. The van der Waals surface area contributed by atoms with Crippen molar-refractivity contribution < 1.29 is 9.84 Å². The van der Waals surface area contributed by atoms with Gasteiger partial charge in [-0.05, 0) is 37.0 Å². The van der Waals surface area contributed by atoms with E-state index in [1.54, 1.807) is 7.11 Å². The van der Waals surface area contributed by atoms with E-state index >= 15 is 0 Å². The molecule has 2 rings (SSSR count). The quantitative estimate of drug-likeness (QED) is 0.835. The van der Waals surface area contributed by atoms with Crippen LogP contribution in [0.3, 0.4) is 0 Å². The first-order valence-corrected chi connectivity index (χ1v) is 7.53. The fourth-order valence-corrected chi connectivity index (χ4v) is 3.20. The predicted octanol–water partition coefficient (Wildman–Crippen LogP) is 4.46. The average Bonchev–Trinajstić information content (AvgIpc) is 2.66. The zero-order valence-corrected chi connectivity index (χ0v) is 12.4. The van der Waals surface area contributed by atoms with E-state index in [1.807, 2.05) is 18.2 Å². The average molecular weight is 313 g/mol. The molecule has 1 aromatic rings. The number of hydrogen-bond acceptors (Lipinski definition) is 2. The Morgan fingerprint density at radius 2 is 1.89 bits per heavy atom. The molecule has 2 nitrogen and oxygen atoms in total. The van der Waals surface area contributed by atoms with Gasteiger partial charge in [0.1, 0.15) is 5.75 Å². The van der Waals surface area contributed by atoms with Crippen LogP contribution in [0.15, 0.2) is 22.7 Å². The lowest BCUT2D eigenvalue weighted by Crippen LogP contribution is -2.13. The topological polar surface area (TPSA) is 29.5 Å². The number of rotatable bonds is 3. The molecule has 1 aromatic carbocycles. The second-order valence-electron chi connectivity index (χ2n) is 5.08. The lowest BCUT2D eigenvalue weighted by molar-refractivity contribution is 0.0960. The third kappa shape index (κ3) is 3.27. The Labute approximate surface area is 117 Å². The molecule has 3 heteroatoms. The molecule has 0 saturated heterocycles. The third-order valence-corrected chi connectivity index (χ3v) is 4.35. The van der Waals surface area contributed by atoms with Gasteiger partial charge in [0.05, 0.1) is 13.2 Å². The van der Waals surface area contributed by atoms with Gasteiger partial charge in [0.15, 0.2) is 0 Å². The van der Waals surface area contributed by atoms with Crippen molar-refractivity contribution in [2.24, 2.45) is 5.92 Å². The Bertz CT molecular complexity index is 384. The molecule has 0 bridgehead atoms. The number of aliphatic hydroxyl groups is 1. The van der Waals surface area contributed by atoms with Crippen molar-refractivity contribution >= 4 is 15.9 Å². The molecule has 0 heterocycles. The van der Waals surface area contributed by atoms with Crippen molar-refractivity contribution in [2.45, 2.75) is 44.6 Å². The highest BCUT2D eigenvalue weighted by Crippen LogP contribution is 2.38. The van der Waals surface area contributed by atoms with E-state index in [2.05, 4.69) is 15.9 Å². The predicted molar refractivity (Wildman–Crippen MR) is 76.8 cm³/mol. The summed E-state index contributed by atoms with van der Waals surface area (Å²) in [6.45, 7) is 0. The van der Waals surface area contributed by atoms with Crippen LogP contribution in [-0.2, 0) is 0 Å². The molecular weight excluding hydrogens is 292 g/mol. The van der Waals surface area contributed by atoms with E-state index in [0.717, 1.165) is 28.6 Å². The van der Waals surface area contributed by atoms with E-state index in [4.69, 9.17) is 4.74 Å². The summed E-state index contributed by atoms with van der Waals surface area (Å²) in [5.74, 6) is 1.16. The Morgan fingerprint density at radius 3 is 2.50 bits per heavy atom. The maximum absolute atomic E-state index is 10.6. The van der Waals surface area contributed by atoms with Crippen molar-refractivity contribution in [1.29, 1.82) is 0 Å². The van der Waals surface area contributed by atoms with Crippen LogP contribution in [-0.4, -0.2) is 12.2 Å². The molecule has 100 valence electrons. The summed E-state index contributed by atoms with van der Waals surface area (Å²) in [6, 6.07) is 5.84. The zero-order valence-electron chi connectivity index (χ0n) is 10.9. The molecule has 0 aliphatic heterocycles. The largest absolute Gasteiger partial charge is 0.496 e. The van der Waals surface area contributed by atoms with Crippen LogP contribution < -0.4 is 4.74 Å². The van der Waals surface area contributed by atoms with Gasteiger partial charge in [-0.15, -0.1) is 0 Å². The SMILES string of the molecule is COc1ccc(Br)cc1C(O)C1CCCCCC1. The lowest BCUT2D eigenvalue weighted by Gasteiger charge is -2.23. The molecule has 1 aliphatic rings. The highest BCUT2D eigenvalue weighted by Gasteiger charge is 2.24. The number of methoxy groups -OCH3 is 1. The Balaban J connectivity index is 2.20. The van der Waals surface area contributed by atoms with Crippen LogP contribution >= 0.6 is 15.9 Å². The van der Waals surface area contributed by atoms with Gasteiger partial charge < -0.3 is 9.84 Å². The molecule has 0 aromatic heterocycles. The number of halogens is 1. The molecule has 1 aliphatic carbocycles. The lowest BCUT2D eigenvalue weighted by atomic mass is 9.89. The number of aliphatic hydroxyl groups excluding tert-OH is 1. The van der Waals surface area contributed by atoms with Gasteiger partial charge >= 0.3 is 0 Å². The second kappa shape index (κ2) is 6.58. The molecule has 1 atom stereocenters. The summed E-state index contributed by atoms with van der Waals surface area (Å²) in [4.78, 5) is 0. The van der Waals surface area contributed by atoms with Crippen LogP contribution in [0.25, 0.3) is 0 Å². The van der Waals surface area contributed by atoms with Gasteiger partial charge in [0.25, 0.3) is 0 Å². The van der Waals surface area contributed by atoms with Gasteiger partial charge in [-0.2, -0.15) is 0 Å². The third-order valence-electron chi connectivity index (χ3n) is 3.86. The van der Waals surface area contributed by atoms with Gasteiger partial charge in [0, 0.05) is 10.0 Å². The smallest absolute Gasteiger partial charge is 0.124 e. The fraction of sp³-hybridized carbons (Fsp3) is 0.600. The standard InChI is InChI=1S/C15H21BrO2/c1-18-14-9-8-12(16)10-13(14)15(17)11-6-4-2-3-5-7-11/h8-11,15,17H,2-7H2,1H3. The highest BCUT2D eigenvalue weighted by molar-refractivity contribution is 9.10. The summed E-state index contributed by atoms with van der Waals surface area (Å²) < 4.78 is 6.35. The minimum Gasteiger partial charge on any atom is -0.496 e. The van der Waals surface area contributed by atoms with Gasteiger partial charge in [-0.25, -0.2) is 0 Å². The molecule has 1 N–H and O–H groups in total. The van der Waals surface area contributed by atoms with Crippen molar-refractivity contribution in [3.63, 3.8) is 0 Å². The van der Waals surface area contributed by atoms with E-state index in [9.17, 15) is 5.11 Å². The molecule has 0 radical (unpaired) electrons. The van der Waals surface area contributed by atoms with Crippen LogP contribution in [0.4, 0.5) is 0 Å². The van der Waals surface area contributed by atoms with Crippen molar-refractivity contribution in [3.05, 3.63) is 28.2 Å². The Morgan fingerprint density at radius 1 is 1.22 bits per heavy atom. The molecular formula is C15H21BrO2. The first kappa shape index (κ1) is 13.9. The minimum absolute atomic E-state index is 0.371. The van der Waals surface area contributed by atoms with Gasteiger partial charge in [0.2, 0.25) is 0 Å². The zero-order chi connectivity index (χ0) is 13.0. The number of hydrogen-bond donors (Lipinski definition) is 1. The highest BCUT2D eigenvalue weighted by atomic mass is 79.9. The van der Waals surface area contributed by atoms with Crippen LogP contribution in [0, 0.1) is 5.92 Å². The summed E-state index contributed by atoms with van der Waals surface area (Å²) >= 11 is 3.47. The first-order chi connectivity index (χ1) is 8.72. The maximum Gasteiger partial charge on any atom is 0.124 e. The first-order valence-electron chi connectivity index (χ1n) is 6.74. The van der Waals surface area contributed by atoms with Crippen LogP contribution in [0.5, 0.6) is 5.75 Å². The van der Waals surface area contributed by atoms with E-state index in [0.29, 0.717) is 5.92 Å². The van der Waals surface area contributed by atoms with Crippen molar-refractivity contribution in [2.75, 3.05) is 7.11 Å². The number of benzene rings is 1. The maximum atomic E-state index is 10.6. The monoisotopic (exact) mass is 312 g/mol. The normalized spacial score (nSPS) is 19.3. The molecule has 18 heavy (non-hydrogen) atoms. The summed E-state index contributed by atoms with van der Waals surface area (Å²) in [6.07, 6.45) is 6.91. The van der Waals surface area contributed by atoms with E-state index in [1.165, 1.54) is 25.7 Å². The van der Waals surface area contributed by atoms with Crippen LogP contribution in [0.2, 0.25) is 0 Å². The van der Waals surface area contributed by atoms with Gasteiger partial charge in [-0.1, -0.05) is 41.6 Å². The van der Waals surface area contributed by atoms with E-state index in [-0.39, 0.29) is 0 Å². The van der Waals surface area contributed by atoms with E-state index < -0.39 is 6.10 Å². The summed E-state index contributed by atoms with van der Waals surface area (Å²) in [5.41, 5.74) is 0.916. The molecule has 0 amide bonds. The summed E-state index contributed by atoms with van der Waals surface area (Å²) in [5, 5.41) is 10.6. The van der Waals surface area contributed by atoms with Gasteiger partial charge in [-0.3, -0.25) is 0 Å². The van der Waals surface area contributed by atoms with Crippen molar-refractivity contribution in [3.8, 4) is 5.75 Å². The molecule has 0 spiro atoms. The second-order valence-corrected chi connectivity index (χ2v) is 6.00. The number of ether oxygens (including phenoxy) is 1. The Kier molecular flexibility index (Phi) is 5.07. The van der Waals surface area contributed by atoms with Crippen molar-refractivity contribution in [1.82, 2.24) is 0 Å².